The molecule has 2 aromatic rings. The van der Waals surface area contributed by atoms with Crippen LogP contribution in [0.5, 0.6) is 0 Å². The molecule has 0 bridgehead atoms. The Morgan fingerprint density at radius 3 is 2.32 bits per heavy atom. The van der Waals surface area contributed by atoms with E-state index in [4.69, 9.17) is 5.73 Å². The van der Waals surface area contributed by atoms with Gasteiger partial charge in [0, 0.05) is 23.8 Å². The molecule has 2 rings (SSSR count). The number of nitrogens with two attached hydrogens (primary N) is 1. The van der Waals surface area contributed by atoms with Crippen molar-refractivity contribution in [2.24, 2.45) is 5.73 Å². The molecule has 1 unspecified atom stereocenters. The fourth-order valence-corrected chi connectivity index (χ4v) is 1.81. The van der Waals surface area contributed by atoms with Crippen LogP contribution in [-0.4, -0.2) is 27.6 Å². The lowest BCUT2D eigenvalue weighted by Crippen LogP contribution is -2.32. The summed E-state index contributed by atoms with van der Waals surface area (Å²) in [6, 6.07) is 7.62. The number of carbonyl (C=O) groups is 2. The molecule has 0 aliphatic carbocycles. The van der Waals surface area contributed by atoms with Gasteiger partial charge in [0.2, 0.25) is 11.8 Å². The number of nitrogens with zero attached hydrogens (tertiary/aromatic N) is 2. The van der Waals surface area contributed by atoms with E-state index in [-0.39, 0.29) is 11.8 Å². The van der Waals surface area contributed by atoms with Crippen LogP contribution in [0.15, 0.2) is 42.7 Å². The second-order valence-corrected chi connectivity index (χ2v) is 5.01. The van der Waals surface area contributed by atoms with E-state index in [1.807, 2.05) is 0 Å². The van der Waals surface area contributed by atoms with Crippen molar-refractivity contribution in [1.29, 1.82) is 0 Å². The fourth-order valence-electron chi connectivity index (χ4n) is 1.81. The summed E-state index contributed by atoms with van der Waals surface area (Å²) in [6.07, 6.45) is 3.34. The highest BCUT2D eigenvalue weighted by Crippen LogP contribution is 2.17. The molecule has 1 heterocycles. The van der Waals surface area contributed by atoms with E-state index in [1.54, 1.807) is 61.3 Å². The normalized spacial score (nSPS) is 13.2. The number of rotatable bonds is 5. The Labute approximate surface area is 128 Å². The molecule has 2 amide bonds. The van der Waals surface area contributed by atoms with Crippen molar-refractivity contribution < 1.29 is 9.59 Å². The minimum atomic E-state index is -0.599. The van der Waals surface area contributed by atoms with Crippen molar-refractivity contribution in [1.82, 2.24) is 9.78 Å². The van der Waals surface area contributed by atoms with Crippen molar-refractivity contribution in [2.45, 2.75) is 25.9 Å². The first-order valence-electron chi connectivity index (χ1n) is 6.94. The smallest absolute Gasteiger partial charge is 0.248 e. The van der Waals surface area contributed by atoms with Crippen molar-refractivity contribution in [3.63, 3.8) is 0 Å². The number of hydrogen-bond acceptors (Lipinski definition) is 4. The van der Waals surface area contributed by atoms with E-state index < -0.39 is 12.1 Å². The Kier molecular flexibility index (Phi) is 4.90. The fraction of sp³-hybridized carbons (Fsp3) is 0.267. The summed E-state index contributed by atoms with van der Waals surface area (Å²) in [5.41, 5.74) is 6.67. The standard InChI is InChI=1S/C15H19N5O2/c1-10(16)14(21)18-12-5-3-6-13(9-12)19-15(22)11(2)20-8-4-7-17-20/h3-11H,16H2,1-2H3,(H,18,21)(H,19,22)/t10-,11?/m0/s1. The molecule has 1 aromatic carbocycles. The van der Waals surface area contributed by atoms with E-state index in [0.717, 1.165) is 0 Å². The Balaban J connectivity index is 2.04. The zero-order valence-corrected chi connectivity index (χ0v) is 12.5. The zero-order chi connectivity index (χ0) is 16.1. The highest BCUT2D eigenvalue weighted by molar-refractivity contribution is 5.96. The van der Waals surface area contributed by atoms with Gasteiger partial charge in [-0.3, -0.25) is 14.3 Å². The highest BCUT2D eigenvalue weighted by atomic mass is 16.2. The molecule has 0 saturated heterocycles. The zero-order valence-electron chi connectivity index (χ0n) is 12.5. The molecule has 7 nitrogen and oxygen atoms in total. The van der Waals surface area contributed by atoms with Crippen LogP contribution in [0.4, 0.5) is 11.4 Å². The van der Waals surface area contributed by atoms with Gasteiger partial charge >= 0.3 is 0 Å². The van der Waals surface area contributed by atoms with Gasteiger partial charge in [-0.15, -0.1) is 0 Å². The number of carbonyl (C=O) groups excluding carboxylic acids is 2. The number of nitrogens with one attached hydrogen (secondary N) is 2. The third-order valence-electron chi connectivity index (χ3n) is 3.11. The molecule has 0 radical (unpaired) electrons. The highest BCUT2D eigenvalue weighted by Gasteiger charge is 2.15. The van der Waals surface area contributed by atoms with E-state index in [1.165, 1.54) is 0 Å². The molecule has 1 aromatic heterocycles. The first kappa shape index (κ1) is 15.7. The summed E-state index contributed by atoms with van der Waals surface area (Å²) >= 11 is 0. The van der Waals surface area contributed by atoms with Gasteiger partial charge in [0.1, 0.15) is 6.04 Å². The molecule has 2 atom stereocenters. The molecular formula is C15H19N5O2. The monoisotopic (exact) mass is 301 g/mol. The van der Waals surface area contributed by atoms with Crippen LogP contribution in [0.1, 0.15) is 19.9 Å². The molecule has 0 aliphatic rings. The maximum Gasteiger partial charge on any atom is 0.248 e. The Hall–Kier alpha value is -2.67. The molecule has 0 fully saturated rings. The number of hydrogen-bond donors (Lipinski definition) is 3. The van der Waals surface area contributed by atoms with Crippen molar-refractivity contribution in [3.05, 3.63) is 42.7 Å². The van der Waals surface area contributed by atoms with E-state index in [9.17, 15) is 9.59 Å². The quantitative estimate of drug-likeness (QED) is 0.776. The molecule has 4 N–H and O–H groups in total. The van der Waals surface area contributed by atoms with Gasteiger partial charge in [-0.1, -0.05) is 6.07 Å². The third kappa shape index (κ3) is 3.92. The Bertz CT molecular complexity index is 652. The van der Waals surface area contributed by atoms with E-state index in [2.05, 4.69) is 15.7 Å². The Morgan fingerprint density at radius 2 is 1.77 bits per heavy atom. The lowest BCUT2D eigenvalue weighted by molar-refractivity contribution is -0.119. The minimum Gasteiger partial charge on any atom is -0.325 e. The van der Waals surface area contributed by atoms with Crippen LogP contribution in [0.2, 0.25) is 0 Å². The summed E-state index contributed by atoms with van der Waals surface area (Å²) < 4.78 is 1.57. The molecule has 0 aliphatic heterocycles. The molecule has 0 spiro atoms. The van der Waals surface area contributed by atoms with Crippen LogP contribution >= 0.6 is 0 Å². The van der Waals surface area contributed by atoms with Gasteiger partial charge in [-0.25, -0.2) is 0 Å². The predicted octanol–water partition coefficient (Wildman–Crippen LogP) is 1.37. The largest absolute Gasteiger partial charge is 0.325 e. The van der Waals surface area contributed by atoms with Gasteiger partial charge in [-0.05, 0) is 38.1 Å². The molecular weight excluding hydrogens is 282 g/mol. The number of aromatic nitrogens is 2. The average Bonchev–Trinajstić information content (AvgIpc) is 3.00. The van der Waals surface area contributed by atoms with Gasteiger partial charge < -0.3 is 16.4 Å². The van der Waals surface area contributed by atoms with Crippen molar-refractivity contribution in [3.8, 4) is 0 Å². The van der Waals surface area contributed by atoms with Crippen LogP contribution in [-0.2, 0) is 9.59 Å². The first-order chi connectivity index (χ1) is 10.5. The van der Waals surface area contributed by atoms with Gasteiger partial charge in [0.15, 0.2) is 0 Å². The van der Waals surface area contributed by atoms with Gasteiger partial charge in [-0.2, -0.15) is 5.10 Å². The first-order valence-corrected chi connectivity index (χ1v) is 6.94. The van der Waals surface area contributed by atoms with E-state index >= 15 is 0 Å². The minimum absolute atomic E-state index is 0.195. The summed E-state index contributed by atoms with van der Waals surface area (Å²) in [6.45, 7) is 3.36. The molecule has 116 valence electrons. The van der Waals surface area contributed by atoms with Gasteiger partial charge in [0.25, 0.3) is 0 Å². The second kappa shape index (κ2) is 6.86. The maximum absolute atomic E-state index is 12.2. The summed E-state index contributed by atoms with van der Waals surface area (Å²) in [4.78, 5) is 23.7. The predicted molar refractivity (Wildman–Crippen MR) is 84.3 cm³/mol. The lowest BCUT2D eigenvalue weighted by Gasteiger charge is -2.14. The second-order valence-electron chi connectivity index (χ2n) is 5.01. The van der Waals surface area contributed by atoms with Crippen LogP contribution in [0.3, 0.4) is 0 Å². The SMILES string of the molecule is CC(C(=O)Nc1cccc(NC(=O)[C@H](C)N)c1)n1cccn1. The Morgan fingerprint density at radius 1 is 1.14 bits per heavy atom. The van der Waals surface area contributed by atoms with Crippen LogP contribution in [0, 0.1) is 0 Å². The number of anilines is 2. The van der Waals surface area contributed by atoms with E-state index in [0.29, 0.717) is 11.4 Å². The maximum atomic E-state index is 12.2. The topological polar surface area (TPSA) is 102 Å². The lowest BCUT2D eigenvalue weighted by atomic mass is 10.2. The van der Waals surface area contributed by atoms with Crippen LogP contribution in [0.25, 0.3) is 0 Å². The molecule has 7 heteroatoms. The number of benzene rings is 1. The summed E-state index contributed by atoms with van der Waals surface area (Å²) in [7, 11) is 0. The number of amides is 2. The molecule has 22 heavy (non-hydrogen) atoms. The van der Waals surface area contributed by atoms with Crippen LogP contribution < -0.4 is 16.4 Å². The summed E-state index contributed by atoms with van der Waals surface area (Å²) in [5, 5.41) is 9.51. The van der Waals surface area contributed by atoms with Gasteiger partial charge in [0.05, 0.1) is 6.04 Å². The summed E-state index contributed by atoms with van der Waals surface area (Å²) in [5.74, 6) is -0.479. The van der Waals surface area contributed by atoms with Crippen molar-refractivity contribution >= 4 is 23.2 Å². The molecule has 0 saturated carbocycles. The van der Waals surface area contributed by atoms with Crippen molar-refractivity contribution in [2.75, 3.05) is 10.6 Å². The average molecular weight is 301 g/mol. The third-order valence-corrected chi connectivity index (χ3v) is 3.11.